The van der Waals surface area contributed by atoms with Crippen molar-refractivity contribution in [2.45, 2.75) is 24.9 Å². The fourth-order valence-electron chi connectivity index (χ4n) is 1.90. The molecule has 130 valence electrons. The van der Waals surface area contributed by atoms with E-state index in [1.54, 1.807) is 0 Å². The molecule has 2 aromatic rings. The van der Waals surface area contributed by atoms with Crippen LogP contribution in [0.25, 0.3) is 10.9 Å². The minimum Gasteiger partial charge on any atom is -0.481 e. The molecule has 1 aromatic carbocycles. The molecule has 2 atom stereocenters. The van der Waals surface area contributed by atoms with E-state index in [-0.39, 0.29) is 0 Å². The van der Waals surface area contributed by atoms with E-state index >= 15 is 0 Å². The molecule has 1 aromatic heterocycles. The second kappa shape index (κ2) is 8.65. The number of aliphatic carboxylic acids is 3. The highest BCUT2D eigenvalue weighted by Crippen LogP contribution is 2.18. The molecule has 0 saturated carbocycles. The Morgan fingerprint density at radius 2 is 1.58 bits per heavy atom. The Hall–Kier alpha value is -2.91. The first-order chi connectivity index (χ1) is 11.2. The zero-order valence-electron chi connectivity index (χ0n) is 12.7. The minimum absolute atomic E-state index is 0.347. The summed E-state index contributed by atoms with van der Waals surface area (Å²) < 4.78 is 0. The van der Waals surface area contributed by atoms with Gasteiger partial charge in [-0.25, -0.2) is 0 Å². The van der Waals surface area contributed by atoms with Gasteiger partial charge in [-0.15, -0.1) is 0 Å². The van der Waals surface area contributed by atoms with E-state index in [0.29, 0.717) is 6.42 Å². The van der Waals surface area contributed by atoms with Crippen molar-refractivity contribution in [2.75, 3.05) is 0 Å². The molecule has 0 amide bonds. The number of nitrogens with two attached hydrogens (primary N) is 2. The van der Waals surface area contributed by atoms with Gasteiger partial charge in [0.15, 0.2) is 0 Å². The normalized spacial score (nSPS) is 12.8. The minimum atomic E-state index is -1.29. The van der Waals surface area contributed by atoms with Crippen LogP contribution in [0.15, 0.2) is 30.5 Å². The summed E-state index contributed by atoms with van der Waals surface area (Å²) in [5, 5.41) is 25.8. The summed E-state index contributed by atoms with van der Waals surface area (Å²) in [4.78, 5) is 33.3. The SMILES string of the molecule is N[C@@H](CC(=O)O)C(=O)O.N[C@@H](Cc1c[nH]c2ccccc12)C(=O)O. The van der Waals surface area contributed by atoms with Crippen LogP contribution in [0, 0.1) is 0 Å². The Labute approximate surface area is 136 Å². The lowest BCUT2D eigenvalue weighted by atomic mass is 10.1. The number of hydrogen-bond donors (Lipinski definition) is 6. The number of benzene rings is 1. The maximum absolute atomic E-state index is 10.6. The summed E-state index contributed by atoms with van der Waals surface area (Å²) in [5.74, 6) is -3.47. The number of carboxylic acids is 3. The van der Waals surface area contributed by atoms with Crippen molar-refractivity contribution < 1.29 is 29.7 Å². The van der Waals surface area contributed by atoms with Crippen molar-refractivity contribution in [2.24, 2.45) is 11.5 Å². The predicted molar refractivity (Wildman–Crippen MR) is 85.5 cm³/mol. The molecule has 8 N–H and O–H groups in total. The molecule has 0 saturated heterocycles. The van der Waals surface area contributed by atoms with Gasteiger partial charge in [-0.3, -0.25) is 14.4 Å². The van der Waals surface area contributed by atoms with Crippen molar-refractivity contribution in [1.82, 2.24) is 4.98 Å². The second-order valence-electron chi connectivity index (χ2n) is 5.05. The molecule has 0 fully saturated rings. The largest absolute Gasteiger partial charge is 0.481 e. The fraction of sp³-hybridized carbons (Fsp3) is 0.267. The molecule has 0 unspecified atom stereocenters. The molecule has 0 spiro atoms. The lowest BCUT2D eigenvalue weighted by molar-refractivity contribution is -0.144. The van der Waals surface area contributed by atoms with Crippen LogP contribution in [0.5, 0.6) is 0 Å². The fourth-order valence-corrected chi connectivity index (χ4v) is 1.90. The molecule has 24 heavy (non-hydrogen) atoms. The second-order valence-corrected chi connectivity index (χ2v) is 5.05. The smallest absolute Gasteiger partial charge is 0.321 e. The maximum atomic E-state index is 10.6. The standard InChI is InChI=1S/C11H12N2O2.C4H7NO4/c12-9(11(14)15)5-7-6-13-10-4-2-1-3-8(7)10;5-2(4(8)9)1-3(6)7/h1-4,6,9,13H,5,12H2,(H,14,15);2H,1,5H2,(H,6,7)(H,8,9)/t9-;2-/m00/s1. The topological polar surface area (TPSA) is 180 Å². The Morgan fingerprint density at radius 3 is 2.08 bits per heavy atom. The van der Waals surface area contributed by atoms with Crippen molar-refractivity contribution in [3.63, 3.8) is 0 Å². The van der Waals surface area contributed by atoms with Crippen molar-refractivity contribution in [3.8, 4) is 0 Å². The summed E-state index contributed by atoms with van der Waals surface area (Å²) >= 11 is 0. The molecule has 9 nitrogen and oxygen atoms in total. The zero-order valence-corrected chi connectivity index (χ0v) is 12.7. The number of para-hydroxylation sites is 1. The highest BCUT2D eigenvalue weighted by Gasteiger charge is 2.15. The first-order valence-electron chi connectivity index (χ1n) is 6.96. The number of fused-ring (bicyclic) bond motifs is 1. The first-order valence-corrected chi connectivity index (χ1v) is 6.96. The van der Waals surface area contributed by atoms with Gasteiger partial charge in [-0.1, -0.05) is 18.2 Å². The van der Waals surface area contributed by atoms with Gasteiger partial charge in [0, 0.05) is 23.5 Å². The monoisotopic (exact) mass is 337 g/mol. The van der Waals surface area contributed by atoms with Crippen LogP contribution in [0.2, 0.25) is 0 Å². The summed E-state index contributed by atoms with van der Waals surface area (Å²) in [5.41, 5.74) is 12.3. The average Bonchev–Trinajstić information content (AvgIpc) is 2.90. The van der Waals surface area contributed by atoms with Crippen LogP contribution in [0.4, 0.5) is 0 Å². The van der Waals surface area contributed by atoms with Gasteiger partial charge in [-0.05, 0) is 11.6 Å². The molecule has 9 heteroatoms. The molecule has 0 bridgehead atoms. The van der Waals surface area contributed by atoms with Gasteiger partial charge >= 0.3 is 17.9 Å². The van der Waals surface area contributed by atoms with Crippen molar-refractivity contribution in [3.05, 3.63) is 36.0 Å². The van der Waals surface area contributed by atoms with E-state index < -0.39 is 36.4 Å². The van der Waals surface area contributed by atoms with E-state index in [0.717, 1.165) is 16.5 Å². The average molecular weight is 337 g/mol. The molecule has 0 aliphatic heterocycles. The predicted octanol–water partition coefficient (Wildman–Crippen LogP) is -0.00470. The van der Waals surface area contributed by atoms with Gasteiger partial charge in [0.2, 0.25) is 0 Å². The molecule has 0 aliphatic carbocycles. The summed E-state index contributed by atoms with van der Waals surface area (Å²) in [6.07, 6.45) is 1.63. The van der Waals surface area contributed by atoms with Gasteiger partial charge in [0.1, 0.15) is 12.1 Å². The maximum Gasteiger partial charge on any atom is 0.321 e. The number of nitrogens with one attached hydrogen (secondary N) is 1. The third-order valence-electron chi connectivity index (χ3n) is 3.14. The number of hydrogen-bond acceptors (Lipinski definition) is 5. The number of carboxylic acid groups (broad SMARTS) is 3. The van der Waals surface area contributed by atoms with Gasteiger partial charge in [0.05, 0.1) is 6.42 Å². The quantitative estimate of drug-likeness (QED) is 0.426. The van der Waals surface area contributed by atoms with Gasteiger partial charge < -0.3 is 31.8 Å². The number of aromatic nitrogens is 1. The lowest BCUT2D eigenvalue weighted by Crippen LogP contribution is -2.32. The summed E-state index contributed by atoms with van der Waals surface area (Å²) in [6.45, 7) is 0. The molecule has 0 aliphatic rings. The Balaban J connectivity index is 0.000000277. The lowest BCUT2D eigenvalue weighted by Gasteiger charge is -2.04. The van der Waals surface area contributed by atoms with Crippen LogP contribution >= 0.6 is 0 Å². The van der Waals surface area contributed by atoms with Crippen molar-refractivity contribution in [1.29, 1.82) is 0 Å². The molecule has 2 rings (SSSR count). The van der Waals surface area contributed by atoms with Gasteiger partial charge in [0.25, 0.3) is 0 Å². The number of carbonyl (C=O) groups is 3. The molecule has 1 heterocycles. The van der Waals surface area contributed by atoms with E-state index in [4.69, 9.17) is 26.8 Å². The number of H-pyrrole nitrogens is 1. The van der Waals surface area contributed by atoms with Crippen LogP contribution in [0.1, 0.15) is 12.0 Å². The van der Waals surface area contributed by atoms with E-state index in [1.165, 1.54) is 0 Å². The highest BCUT2D eigenvalue weighted by molar-refractivity contribution is 5.84. The zero-order chi connectivity index (χ0) is 18.3. The number of rotatable bonds is 6. The van der Waals surface area contributed by atoms with Crippen LogP contribution in [-0.2, 0) is 20.8 Å². The molecular weight excluding hydrogens is 318 g/mol. The third-order valence-corrected chi connectivity index (χ3v) is 3.14. The van der Waals surface area contributed by atoms with E-state index in [2.05, 4.69) is 4.98 Å². The molecule has 0 radical (unpaired) electrons. The highest BCUT2D eigenvalue weighted by atomic mass is 16.4. The molecular formula is C15H19N3O6. The number of aromatic amines is 1. The Morgan fingerprint density at radius 1 is 1.00 bits per heavy atom. The third kappa shape index (κ3) is 5.71. The van der Waals surface area contributed by atoms with Gasteiger partial charge in [-0.2, -0.15) is 0 Å². The van der Waals surface area contributed by atoms with E-state index in [1.807, 2.05) is 30.5 Å². The Kier molecular flexibility index (Phi) is 6.90. The van der Waals surface area contributed by atoms with Crippen molar-refractivity contribution >= 4 is 28.8 Å². The Bertz CT molecular complexity index is 727. The van der Waals surface area contributed by atoms with Crippen LogP contribution < -0.4 is 11.5 Å². The summed E-state index contributed by atoms with van der Waals surface area (Å²) in [7, 11) is 0. The van der Waals surface area contributed by atoms with Crippen LogP contribution in [0.3, 0.4) is 0 Å². The summed E-state index contributed by atoms with van der Waals surface area (Å²) in [6, 6.07) is 5.62. The van der Waals surface area contributed by atoms with E-state index in [9.17, 15) is 14.4 Å². The van der Waals surface area contributed by atoms with Crippen LogP contribution in [-0.4, -0.2) is 50.3 Å². The first kappa shape index (κ1) is 19.1.